The molecule has 0 fully saturated rings. The predicted molar refractivity (Wildman–Crippen MR) is 125 cm³/mol. The summed E-state index contributed by atoms with van der Waals surface area (Å²) in [5.74, 6) is -1.67. The van der Waals surface area contributed by atoms with E-state index in [9.17, 15) is 14.7 Å². The fraction of sp³-hybridized carbons (Fsp3) is 0.286. The van der Waals surface area contributed by atoms with E-state index < -0.39 is 17.3 Å². The minimum absolute atomic E-state index is 0.00350. The standard InChI is InChI=1S/C28H30O3/c1-20(2)28(19-22-10-6-4-7-11-22,26(29)18-21(3)27(30)31)25-16-14-24(15-17-25)23-12-8-5-9-13-23/h4-17,20-21H,18-19H2,1-3H3,(H,30,31)/t21-,28-/m1/s1. The quantitative estimate of drug-likeness (QED) is 0.455. The van der Waals surface area contributed by atoms with Gasteiger partial charge in [-0.25, -0.2) is 0 Å². The second-order valence-corrected chi connectivity index (χ2v) is 8.60. The van der Waals surface area contributed by atoms with Gasteiger partial charge in [-0.15, -0.1) is 0 Å². The summed E-state index contributed by atoms with van der Waals surface area (Å²) in [4.78, 5) is 25.2. The fourth-order valence-corrected chi connectivity index (χ4v) is 4.28. The van der Waals surface area contributed by atoms with Crippen LogP contribution in [0.25, 0.3) is 11.1 Å². The van der Waals surface area contributed by atoms with E-state index in [1.54, 1.807) is 6.92 Å². The van der Waals surface area contributed by atoms with Gasteiger partial charge in [-0.1, -0.05) is 106 Å². The van der Waals surface area contributed by atoms with E-state index >= 15 is 0 Å². The molecule has 1 N–H and O–H groups in total. The molecule has 2 atom stereocenters. The van der Waals surface area contributed by atoms with Crippen LogP contribution in [0.1, 0.15) is 38.3 Å². The first-order valence-electron chi connectivity index (χ1n) is 10.8. The lowest BCUT2D eigenvalue weighted by atomic mass is 9.63. The van der Waals surface area contributed by atoms with Crippen molar-refractivity contribution in [3.63, 3.8) is 0 Å². The third-order valence-electron chi connectivity index (χ3n) is 6.23. The van der Waals surface area contributed by atoms with Crippen molar-refractivity contribution in [2.24, 2.45) is 11.8 Å². The van der Waals surface area contributed by atoms with E-state index in [0.29, 0.717) is 6.42 Å². The first-order valence-corrected chi connectivity index (χ1v) is 10.8. The van der Waals surface area contributed by atoms with Crippen LogP contribution in [0.3, 0.4) is 0 Å². The molecule has 3 aromatic carbocycles. The summed E-state index contributed by atoms with van der Waals surface area (Å²) in [5.41, 5.74) is 3.43. The molecule has 3 heteroatoms. The van der Waals surface area contributed by atoms with Gasteiger partial charge in [0.15, 0.2) is 0 Å². The third kappa shape index (κ3) is 4.93. The molecular formula is C28H30O3. The van der Waals surface area contributed by atoms with Crippen molar-refractivity contribution in [3.05, 3.63) is 96.1 Å². The molecule has 0 aliphatic rings. The highest BCUT2D eigenvalue weighted by Gasteiger charge is 2.43. The topological polar surface area (TPSA) is 54.4 Å². The molecule has 0 spiro atoms. The molecule has 3 aromatic rings. The molecular weight excluding hydrogens is 384 g/mol. The van der Waals surface area contributed by atoms with Gasteiger partial charge in [-0.3, -0.25) is 9.59 Å². The highest BCUT2D eigenvalue weighted by Crippen LogP contribution is 2.39. The second kappa shape index (κ2) is 9.74. The summed E-state index contributed by atoms with van der Waals surface area (Å²) in [5, 5.41) is 9.41. The number of carbonyl (C=O) groups excluding carboxylic acids is 1. The van der Waals surface area contributed by atoms with Crippen molar-refractivity contribution in [2.45, 2.75) is 39.0 Å². The molecule has 0 saturated heterocycles. The van der Waals surface area contributed by atoms with Crippen molar-refractivity contribution in [2.75, 3.05) is 0 Å². The molecule has 0 aliphatic heterocycles. The van der Waals surface area contributed by atoms with Crippen molar-refractivity contribution in [1.29, 1.82) is 0 Å². The normalized spacial score (nSPS) is 14.1. The lowest BCUT2D eigenvalue weighted by molar-refractivity contribution is -0.144. The molecule has 3 rings (SSSR count). The average Bonchev–Trinajstić information content (AvgIpc) is 2.78. The zero-order valence-corrected chi connectivity index (χ0v) is 18.4. The monoisotopic (exact) mass is 414 g/mol. The van der Waals surface area contributed by atoms with Gasteiger partial charge in [-0.05, 0) is 34.6 Å². The largest absolute Gasteiger partial charge is 0.481 e. The maximum atomic E-state index is 13.7. The highest BCUT2D eigenvalue weighted by atomic mass is 16.4. The summed E-state index contributed by atoms with van der Waals surface area (Å²) in [6.45, 7) is 5.71. The van der Waals surface area contributed by atoms with Crippen molar-refractivity contribution in [1.82, 2.24) is 0 Å². The van der Waals surface area contributed by atoms with E-state index in [4.69, 9.17) is 0 Å². The van der Waals surface area contributed by atoms with Crippen LogP contribution < -0.4 is 0 Å². The Hall–Kier alpha value is -3.20. The smallest absolute Gasteiger partial charge is 0.306 e. The second-order valence-electron chi connectivity index (χ2n) is 8.60. The van der Waals surface area contributed by atoms with Gasteiger partial charge < -0.3 is 5.11 Å². The van der Waals surface area contributed by atoms with Crippen molar-refractivity contribution >= 4 is 11.8 Å². The SMILES string of the molecule is CC(C)[C@@](Cc1ccccc1)(C(=O)C[C@@H](C)C(=O)O)c1ccc(-c2ccccc2)cc1. The van der Waals surface area contributed by atoms with E-state index in [1.165, 1.54) is 0 Å². The Morgan fingerprint density at radius 3 is 1.81 bits per heavy atom. The first kappa shape index (κ1) is 22.5. The lowest BCUT2D eigenvalue weighted by Gasteiger charge is -2.38. The Balaban J connectivity index is 2.07. The molecule has 0 saturated carbocycles. The summed E-state index contributed by atoms with van der Waals surface area (Å²) < 4.78 is 0. The summed E-state index contributed by atoms with van der Waals surface area (Å²) in [6.07, 6.45) is 0.558. The van der Waals surface area contributed by atoms with Crippen LogP contribution in [-0.2, 0) is 21.4 Å². The maximum Gasteiger partial charge on any atom is 0.306 e. The Labute approximate surface area is 184 Å². The van der Waals surface area contributed by atoms with Gasteiger partial charge in [0.25, 0.3) is 0 Å². The van der Waals surface area contributed by atoms with E-state index in [2.05, 4.69) is 38.1 Å². The molecule has 0 unspecified atom stereocenters. The minimum Gasteiger partial charge on any atom is -0.481 e. The minimum atomic E-state index is -0.940. The molecule has 0 amide bonds. The average molecular weight is 415 g/mol. The van der Waals surface area contributed by atoms with Gasteiger partial charge in [0.05, 0.1) is 11.3 Å². The third-order valence-corrected chi connectivity index (χ3v) is 6.23. The lowest BCUT2D eigenvalue weighted by Crippen LogP contribution is -2.44. The first-order chi connectivity index (χ1) is 14.8. The van der Waals surface area contributed by atoms with Crippen LogP contribution in [0.4, 0.5) is 0 Å². The number of carboxylic acids is 1. The Kier molecular flexibility index (Phi) is 7.06. The van der Waals surface area contributed by atoms with E-state index in [0.717, 1.165) is 22.3 Å². The highest BCUT2D eigenvalue weighted by molar-refractivity contribution is 5.93. The molecule has 0 bridgehead atoms. The summed E-state index contributed by atoms with van der Waals surface area (Å²) in [6, 6.07) is 28.3. The van der Waals surface area contributed by atoms with Crippen molar-refractivity contribution in [3.8, 4) is 11.1 Å². The number of Topliss-reactive ketones (excluding diaryl/α,β-unsaturated/α-hetero) is 1. The zero-order chi connectivity index (χ0) is 22.4. The maximum absolute atomic E-state index is 13.7. The Morgan fingerprint density at radius 1 is 0.774 bits per heavy atom. The van der Waals surface area contributed by atoms with Gasteiger partial charge in [-0.2, -0.15) is 0 Å². The zero-order valence-electron chi connectivity index (χ0n) is 18.4. The number of carboxylic acid groups (broad SMARTS) is 1. The van der Waals surface area contributed by atoms with Gasteiger partial charge in [0.2, 0.25) is 0 Å². The number of aliphatic carboxylic acids is 1. The Bertz CT molecular complexity index is 1010. The van der Waals surface area contributed by atoms with Gasteiger partial charge >= 0.3 is 5.97 Å². The molecule has 3 nitrogen and oxygen atoms in total. The fourth-order valence-electron chi connectivity index (χ4n) is 4.28. The molecule has 0 radical (unpaired) electrons. The van der Waals surface area contributed by atoms with Crippen LogP contribution >= 0.6 is 0 Å². The van der Waals surface area contributed by atoms with Crippen LogP contribution in [0.15, 0.2) is 84.9 Å². The summed E-state index contributed by atoms with van der Waals surface area (Å²) in [7, 11) is 0. The number of carbonyl (C=O) groups is 2. The van der Waals surface area contributed by atoms with E-state index in [1.807, 2.05) is 60.7 Å². The number of rotatable bonds is 9. The van der Waals surface area contributed by atoms with Crippen LogP contribution in [0, 0.1) is 11.8 Å². The van der Waals surface area contributed by atoms with Crippen LogP contribution in [0.5, 0.6) is 0 Å². The molecule has 160 valence electrons. The Morgan fingerprint density at radius 2 is 1.29 bits per heavy atom. The number of benzene rings is 3. The van der Waals surface area contributed by atoms with Crippen molar-refractivity contribution < 1.29 is 14.7 Å². The molecule has 0 aliphatic carbocycles. The van der Waals surface area contributed by atoms with Crippen LogP contribution in [0.2, 0.25) is 0 Å². The predicted octanol–water partition coefficient (Wildman–Crippen LogP) is 6.17. The molecule has 0 heterocycles. The molecule has 31 heavy (non-hydrogen) atoms. The number of ketones is 1. The van der Waals surface area contributed by atoms with Gasteiger partial charge in [0.1, 0.15) is 5.78 Å². The van der Waals surface area contributed by atoms with E-state index in [-0.39, 0.29) is 18.1 Å². The number of hydrogen-bond acceptors (Lipinski definition) is 2. The molecule has 0 aromatic heterocycles. The number of hydrogen-bond donors (Lipinski definition) is 1. The summed E-state index contributed by atoms with van der Waals surface area (Å²) >= 11 is 0. The van der Waals surface area contributed by atoms with Crippen LogP contribution in [-0.4, -0.2) is 16.9 Å². The van der Waals surface area contributed by atoms with Gasteiger partial charge in [0, 0.05) is 6.42 Å².